The third-order valence-corrected chi connectivity index (χ3v) is 12.3. The van der Waals surface area contributed by atoms with Gasteiger partial charge in [0, 0.05) is 12.6 Å². The number of hydrogen-bond acceptors (Lipinski definition) is 6. The summed E-state index contributed by atoms with van der Waals surface area (Å²) in [5, 5.41) is 19.8. The van der Waals surface area contributed by atoms with Crippen molar-refractivity contribution in [1.29, 1.82) is 0 Å². The number of hydrogen-bond donors (Lipinski definition) is 5. The normalized spacial score (nSPS) is 26.3. The van der Waals surface area contributed by atoms with Crippen LogP contribution < -0.4 is 21.7 Å². The highest BCUT2D eigenvalue weighted by Crippen LogP contribution is 2.59. The average Bonchev–Trinajstić information content (AvgIpc) is 3.69. The lowest BCUT2D eigenvalue weighted by molar-refractivity contribution is -0.145. The molecule has 4 fully saturated rings. The van der Waals surface area contributed by atoms with Gasteiger partial charge >= 0.3 is 0 Å². The molecule has 10 heteroatoms. The van der Waals surface area contributed by atoms with Crippen LogP contribution in [0, 0.1) is 28.1 Å². The number of likely N-dealkylation sites (tertiary alicyclic amines) is 1. The van der Waals surface area contributed by atoms with Crippen molar-refractivity contribution in [3.05, 3.63) is 0 Å². The van der Waals surface area contributed by atoms with E-state index in [1.165, 1.54) is 6.42 Å². The molecule has 3 saturated carbocycles. The molecule has 0 aromatic heterocycles. The van der Waals surface area contributed by atoms with Gasteiger partial charge in [-0.2, -0.15) is 0 Å². The summed E-state index contributed by atoms with van der Waals surface area (Å²) in [5.74, 6) is -1.27. The van der Waals surface area contributed by atoms with Crippen LogP contribution in [0.1, 0.15) is 132 Å². The molecule has 0 bridgehead atoms. The molecular formula is C36H63N5O5. The third kappa shape index (κ3) is 8.08. The number of nitrogens with two attached hydrogens (primary N) is 1. The first-order chi connectivity index (χ1) is 21.5. The molecule has 1 aliphatic heterocycles. The van der Waals surface area contributed by atoms with Gasteiger partial charge in [0.1, 0.15) is 12.1 Å². The van der Waals surface area contributed by atoms with E-state index < -0.39 is 41.6 Å². The lowest BCUT2D eigenvalue weighted by Crippen LogP contribution is -2.61. The minimum Gasteiger partial charge on any atom is -0.381 e. The van der Waals surface area contributed by atoms with Gasteiger partial charge in [-0.15, -0.1) is 0 Å². The molecule has 6 N–H and O–H groups in total. The van der Waals surface area contributed by atoms with Crippen LogP contribution in [0.4, 0.5) is 0 Å². The predicted molar refractivity (Wildman–Crippen MR) is 179 cm³/mol. The molecule has 262 valence electrons. The van der Waals surface area contributed by atoms with Crippen molar-refractivity contribution in [2.24, 2.45) is 33.8 Å². The van der Waals surface area contributed by atoms with Crippen molar-refractivity contribution in [3.63, 3.8) is 0 Å². The summed E-state index contributed by atoms with van der Waals surface area (Å²) in [4.78, 5) is 56.7. The second-order valence-corrected chi connectivity index (χ2v) is 16.9. The van der Waals surface area contributed by atoms with Gasteiger partial charge in [-0.3, -0.25) is 19.2 Å². The van der Waals surface area contributed by atoms with Crippen molar-refractivity contribution < 1.29 is 24.3 Å². The minimum atomic E-state index is -1.38. The van der Waals surface area contributed by atoms with Gasteiger partial charge in [-0.25, -0.2) is 0 Å². The topological polar surface area (TPSA) is 154 Å². The molecule has 46 heavy (non-hydrogen) atoms. The van der Waals surface area contributed by atoms with E-state index in [1.54, 1.807) is 4.90 Å². The van der Waals surface area contributed by atoms with E-state index in [0.717, 1.165) is 57.8 Å². The maximum atomic E-state index is 14.6. The SMILES string of the molecule is CCCC(NC(=O)[C@@H]1CC(C(C)(C)C2(C)CCC2)CN1C(=O)[C@@H](NC(=O)[C@@H](N)C1CCCCC1)C(C)(C)C)C(O)C(=O)NC1CC1. The largest absolute Gasteiger partial charge is 0.381 e. The average molecular weight is 646 g/mol. The van der Waals surface area contributed by atoms with E-state index >= 15 is 0 Å². The van der Waals surface area contributed by atoms with Crippen LogP contribution in [-0.2, 0) is 19.2 Å². The Morgan fingerprint density at radius 1 is 0.935 bits per heavy atom. The quantitative estimate of drug-likeness (QED) is 0.206. The molecule has 0 aromatic carbocycles. The zero-order valence-electron chi connectivity index (χ0n) is 29.6. The zero-order valence-corrected chi connectivity index (χ0v) is 29.6. The standard InChI is InChI=1S/C36H63N5O5/c1-8-13-25(28(42)32(45)38-24-16-17-24)39-30(43)26-20-23(35(5,6)36(7)18-12-19-36)21-41(26)33(46)29(34(2,3)4)40-31(44)27(37)22-14-10-9-11-15-22/h22-29,42H,8-21,37H2,1-7H3,(H,38,45)(H,39,43)(H,40,44)/t23?,25?,26-,27-,28?,29+/m0/s1. The van der Waals surface area contributed by atoms with Gasteiger partial charge in [-0.05, 0) is 79.4 Å². The van der Waals surface area contributed by atoms with Gasteiger partial charge in [0.05, 0.1) is 12.1 Å². The monoisotopic (exact) mass is 645 g/mol. The van der Waals surface area contributed by atoms with Crippen LogP contribution in [0.25, 0.3) is 0 Å². The van der Waals surface area contributed by atoms with Gasteiger partial charge < -0.3 is 31.7 Å². The molecule has 0 aromatic rings. The number of nitrogens with one attached hydrogen (secondary N) is 3. The van der Waals surface area contributed by atoms with E-state index in [0.29, 0.717) is 25.8 Å². The molecule has 0 spiro atoms. The summed E-state index contributed by atoms with van der Waals surface area (Å²) < 4.78 is 0. The van der Waals surface area contributed by atoms with Crippen LogP contribution in [0.15, 0.2) is 0 Å². The Morgan fingerprint density at radius 3 is 2.09 bits per heavy atom. The van der Waals surface area contributed by atoms with E-state index in [9.17, 15) is 24.3 Å². The number of aliphatic hydroxyl groups is 1. The molecule has 3 aliphatic carbocycles. The first-order valence-corrected chi connectivity index (χ1v) is 18.2. The Labute approximate surface area is 277 Å². The molecule has 3 unspecified atom stereocenters. The van der Waals surface area contributed by atoms with Crippen molar-refractivity contribution in [2.75, 3.05) is 6.54 Å². The lowest BCUT2D eigenvalue weighted by atomic mass is 9.51. The highest BCUT2D eigenvalue weighted by atomic mass is 16.3. The van der Waals surface area contributed by atoms with Gasteiger partial charge in [0.15, 0.2) is 6.10 Å². The molecule has 4 rings (SSSR count). The van der Waals surface area contributed by atoms with E-state index in [2.05, 4.69) is 36.7 Å². The number of rotatable bonds is 13. The fourth-order valence-corrected chi connectivity index (χ4v) is 8.05. The van der Waals surface area contributed by atoms with Crippen LogP contribution in [0.2, 0.25) is 0 Å². The summed E-state index contributed by atoms with van der Waals surface area (Å²) in [6, 6.07) is -3.01. The van der Waals surface area contributed by atoms with Crippen molar-refractivity contribution in [1.82, 2.24) is 20.9 Å². The molecule has 1 saturated heterocycles. The molecule has 1 heterocycles. The van der Waals surface area contributed by atoms with Crippen molar-refractivity contribution >= 4 is 23.6 Å². The number of carbonyl (C=O) groups excluding carboxylic acids is 4. The van der Waals surface area contributed by atoms with Crippen LogP contribution in [0.5, 0.6) is 0 Å². The van der Waals surface area contributed by atoms with Crippen LogP contribution in [-0.4, -0.2) is 76.5 Å². The summed E-state index contributed by atoms with van der Waals surface area (Å²) in [7, 11) is 0. The van der Waals surface area contributed by atoms with Crippen LogP contribution in [0.3, 0.4) is 0 Å². The molecular weight excluding hydrogens is 582 g/mol. The third-order valence-electron chi connectivity index (χ3n) is 12.3. The van der Waals surface area contributed by atoms with Gasteiger partial charge in [-0.1, -0.05) is 80.6 Å². The van der Waals surface area contributed by atoms with Gasteiger partial charge in [0.2, 0.25) is 17.7 Å². The molecule has 4 amide bonds. The van der Waals surface area contributed by atoms with Gasteiger partial charge in [0.25, 0.3) is 5.91 Å². The minimum absolute atomic E-state index is 0.0611. The summed E-state index contributed by atoms with van der Waals surface area (Å²) in [5.41, 5.74) is 5.83. The molecule has 0 radical (unpaired) electrons. The van der Waals surface area contributed by atoms with Crippen molar-refractivity contribution in [2.45, 2.75) is 168 Å². The first-order valence-electron chi connectivity index (χ1n) is 18.2. The Hall–Kier alpha value is -2.20. The summed E-state index contributed by atoms with van der Waals surface area (Å²) in [6.45, 7) is 15.0. The highest BCUT2D eigenvalue weighted by molar-refractivity contribution is 5.94. The highest BCUT2D eigenvalue weighted by Gasteiger charge is 2.55. The molecule has 6 atom stereocenters. The maximum Gasteiger partial charge on any atom is 0.251 e. The summed E-state index contributed by atoms with van der Waals surface area (Å²) in [6.07, 6.45) is 10.5. The summed E-state index contributed by atoms with van der Waals surface area (Å²) >= 11 is 0. The number of nitrogens with zero attached hydrogens (tertiary/aromatic N) is 1. The predicted octanol–water partition coefficient (Wildman–Crippen LogP) is 3.78. The molecule has 4 aliphatic rings. The second-order valence-electron chi connectivity index (χ2n) is 16.9. The molecule has 10 nitrogen and oxygen atoms in total. The van der Waals surface area contributed by atoms with Crippen molar-refractivity contribution in [3.8, 4) is 0 Å². The lowest BCUT2D eigenvalue weighted by Gasteiger charge is -2.54. The van der Waals surface area contributed by atoms with E-state index in [-0.39, 0.29) is 46.4 Å². The smallest absolute Gasteiger partial charge is 0.251 e. The van der Waals surface area contributed by atoms with E-state index in [1.807, 2.05) is 27.7 Å². The number of amides is 4. The second kappa shape index (κ2) is 14.5. The Bertz CT molecular complexity index is 1100. The Kier molecular flexibility index (Phi) is 11.6. The number of carbonyl (C=O) groups is 4. The fraction of sp³-hybridized carbons (Fsp3) is 0.889. The Balaban J connectivity index is 1.58. The fourth-order valence-electron chi connectivity index (χ4n) is 8.05. The number of aliphatic hydroxyl groups excluding tert-OH is 1. The zero-order chi connectivity index (χ0) is 34.0. The van der Waals surface area contributed by atoms with E-state index in [4.69, 9.17) is 5.73 Å². The maximum absolute atomic E-state index is 14.6. The Morgan fingerprint density at radius 2 is 1.57 bits per heavy atom. The van der Waals surface area contributed by atoms with Crippen LogP contribution >= 0.6 is 0 Å². The first kappa shape index (κ1) is 36.6.